The number of carbonyl (C=O) groups excluding carboxylic acids is 2. The summed E-state index contributed by atoms with van der Waals surface area (Å²) >= 11 is 0. The lowest BCUT2D eigenvalue weighted by Gasteiger charge is -2.33. The summed E-state index contributed by atoms with van der Waals surface area (Å²) in [6.07, 6.45) is 6.46. The minimum absolute atomic E-state index is 0.0979. The number of pyridine rings is 1. The van der Waals surface area contributed by atoms with Crippen LogP contribution in [-0.2, 0) is 9.47 Å². The van der Waals surface area contributed by atoms with Crippen molar-refractivity contribution >= 4 is 22.9 Å². The zero-order valence-corrected chi connectivity index (χ0v) is 25.6. The van der Waals surface area contributed by atoms with Crippen molar-refractivity contribution in [3.63, 3.8) is 0 Å². The van der Waals surface area contributed by atoms with Crippen LogP contribution < -0.4 is 9.47 Å². The molecule has 0 N–H and O–H groups in total. The highest BCUT2D eigenvalue weighted by Gasteiger charge is 2.37. The summed E-state index contributed by atoms with van der Waals surface area (Å²) in [5.41, 5.74) is 0.336. The van der Waals surface area contributed by atoms with Gasteiger partial charge in [0.15, 0.2) is 0 Å². The van der Waals surface area contributed by atoms with Gasteiger partial charge in [0.25, 0.3) is 5.91 Å². The van der Waals surface area contributed by atoms with Crippen molar-refractivity contribution in [1.29, 1.82) is 0 Å². The van der Waals surface area contributed by atoms with Crippen molar-refractivity contribution in [2.24, 2.45) is 5.92 Å². The molecule has 226 valence electrons. The first kappa shape index (κ1) is 30.9. The Bertz CT molecular complexity index is 1190. The largest absolute Gasteiger partial charge is 0.491 e. The Morgan fingerprint density at radius 3 is 2.49 bits per heavy atom. The highest BCUT2D eigenvalue weighted by atomic mass is 16.6. The molecule has 2 fully saturated rings. The Balaban J connectivity index is 1.62. The standard InChI is InChI=1S/C32H47N3O6/c1-22(2)35(24-15-16-34(20-24)31(37)41-32(3,4)5)30(36)26-19-28(39-18-17-38-6)25-13-10-14-27(29(25)33-26)40-21-23-11-8-7-9-12-23/h10,13-14,19,22-24H,7-9,11-12,15-18,20-21H2,1-6H3/t24-/m0/s1. The summed E-state index contributed by atoms with van der Waals surface area (Å²) in [5.74, 6) is 1.57. The number of amides is 2. The quantitative estimate of drug-likeness (QED) is 0.320. The van der Waals surface area contributed by atoms with Gasteiger partial charge >= 0.3 is 6.09 Å². The number of aromatic nitrogens is 1. The van der Waals surface area contributed by atoms with Crippen LogP contribution in [0.25, 0.3) is 10.9 Å². The summed E-state index contributed by atoms with van der Waals surface area (Å²) < 4.78 is 23.2. The van der Waals surface area contributed by atoms with E-state index < -0.39 is 5.60 Å². The van der Waals surface area contributed by atoms with Gasteiger partial charge in [0.05, 0.1) is 19.3 Å². The van der Waals surface area contributed by atoms with Gasteiger partial charge in [0, 0.05) is 37.7 Å². The number of hydrogen-bond donors (Lipinski definition) is 0. The van der Waals surface area contributed by atoms with Crippen molar-refractivity contribution in [3.8, 4) is 11.5 Å². The van der Waals surface area contributed by atoms with E-state index in [0.29, 0.717) is 68.0 Å². The van der Waals surface area contributed by atoms with E-state index in [1.165, 1.54) is 32.1 Å². The monoisotopic (exact) mass is 569 g/mol. The molecular weight excluding hydrogens is 522 g/mol. The Morgan fingerprint density at radius 2 is 1.80 bits per heavy atom. The van der Waals surface area contributed by atoms with E-state index >= 15 is 0 Å². The second-order valence-electron chi connectivity index (χ2n) is 12.5. The van der Waals surface area contributed by atoms with E-state index in [9.17, 15) is 9.59 Å². The van der Waals surface area contributed by atoms with Crippen LogP contribution in [0.2, 0.25) is 0 Å². The van der Waals surface area contributed by atoms with Crippen LogP contribution in [0.5, 0.6) is 11.5 Å². The predicted molar refractivity (Wildman–Crippen MR) is 159 cm³/mol. The molecule has 1 aromatic heterocycles. The molecule has 1 saturated heterocycles. The second kappa shape index (κ2) is 13.7. The van der Waals surface area contributed by atoms with Crippen molar-refractivity contribution < 1.29 is 28.5 Å². The minimum atomic E-state index is -0.576. The van der Waals surface area contributed by atoms with Crippen LogP contribution in [0.4, 0.5) is 4.79 Å². The topological polar surface area (TPSA) is 90.4 Å². The van der Waals surface area contributed by atoms with Gasteiger partial charge in [-0.25, -0.2) is 9.78 Å². The Hall–Kier alpha value is -3.07. The Kier molecular flexibility index (Phi) is 10.3. The van der Waals surface area contributed by atoms with Crippen LogP contribution in [0.15, 0.2) is 24.3 Å². The predicted octanol–water partition coefficient (Wildman–Crippen LogP) is 6.08. The number of fused-ring (bicyclic) bond motifs is 1. The van der Waals surface area contributed by atoms with Crippen molar-refractivity contribution in [1.82, 2.24) is 14.8 Å². The van der Waals surface area contributed by atoms with Crippen molar-refractivity contribution in [2.45, 2.75) is 90.8 Å². The first-order valence-electron chi connectivity index (χ1n) is 15.1. The highest BCUT2D eigenvalue weighted by molar-refractivity contribution is 5.99. The molecule has 1 saturated carbocycles. The van der Waals surface area contributed by atoms with Gasteiger partial charge in [0.1, 0.15) is 34.9 Å². The SMILES string of the molecule is COCCOc1cc(C(=O)N(C(C)C)[C@H]2CCN(C(=O)OC(C)(C)C)C2)nc2c(OCC3CCCCC3)cccc12. The molecule has 1 atom stereocenters. The van der Waals surface area contributed by atoms with Crippen LogP contribution in [-0.4, -0.2) is 84.5 Å². The molecule has 0 bridgehead atoms. The van der Waals surface area contributed by atoms with E-state index in [0.717, 1.165) is 5.39 Å². The average Bonchev–Trinajstić information content (AvgIpc) is 3.41. The lowest BCUT2D eigenvalue weighted by molar-refractivity contribution is 0.0268. The summed E-state index contributed by atoms with van der Waals surface area (Å²) in [6.45, 7) is 11.9. The first-order valence-corrected chi connectivity index (χ1v) is 15.1. The molecule has 2 amide bonds. The smallest absolute Gasteiger partial charge is 0.410 e. The average molecular weight is 570 g/mol. The zero-order valence-electron chi connectivity index (χ0n) is 25.6. The molecule has 1 aromatic carbocycles. The fourth-order valence-corrected chi connectivity index (χ4v) is 5.75. The maximum Gasteiger partial charge on any atom is 0.410 e. The molecule has 9 heteroatoms. The van der Waals surface area contributed by atoms with Crippen LogP contribution in [0.1, 0.15) is 83.6 Å². The normalized spacial score (nSPS) is 18.1. The van der Waals surface area contributed by atoms with Gasteiger partial charge in [-0.2, -0.15) is 0 Å². The molecule has 2 aliphatic rings. The number of nitrogens with zero attached hydrogens (tertiary/aromatic N) is 3. The molecule has 9 nitrogen and oxygen atoms in total. The fourth-order valence-electron chi connectivity index (χ4n) is 5.75. The first-order chi connectivity index (χ1) is 19.6. The zero-order chi connectivity index (χ0) is 29.6. The van der Waals surface area contributed by atoms with Crippen LogP contribution in [0.3, 0.4) is 0 Å². The van der Waals surface area contributed by atoms with Gasteiger partial charge in [-0.15, -0.1) is 0 Å². The molecular formula is C32H47N3O6. The lowest BCUT2D eigenvalue weighted by Crippen LogP contribution is -2.47. The molecule has 1 aliphatic heterocycles. The summed E-state index contributed by atoms with van der Waals surface area (Å²) in [6, 6.07) is 7.28. The summed E-state index contributed by atoms with van der Waals surface area (Å²) in [5, 5.41) is 0.798. The van der Waals surface area contributed by atoms with Gasteiger partial charge in [-0.1, -0.05) is 25.3 Å². The molecule has 2 heterocycles. The maximum atomic E-state index is 14.1. The lowest BCUT2D eigenvalue weighted by atomic mass is 9.90. The third-order valence-electron chi connectivity index (χ3n) is 7.73. The third kappa shape index (κ3) is 8.03. The number of methoxy groups -OCH3 is 1. The number of para-hydroxylation sites is 1. The molecule has 0 radical (unpaired) electrons. The van der Waals surface area contributed by atoms with Gasteiger partial charge in [-0.3, -0.25) is 4.79 Å². The van der Waals surface area contributed by atoms with Crippen molar-refractivity contribution in [2.75, 3.05) is 40.0 Å². The maximum absolute atomic E-state index is 14.1. The molecule has 4 rings (SSSR count). The second-order valence-corrected chi connectivity index (χ2v) is 12.5. The van der Waals surface area contributed by atoms with E-state index in [1.807, 2.05) is 57.7 Å². The van der Waals surface area contributed by atoms with E-state index in [2.05, 4.69) is 0 Å². The van der Waals surface area contributed by atoms with Crippen molar-refractivity contribution in [3.05, 3.63) is 30.0 Å². The third-order valence-corrected chi connectivity index (χ3v) is 7.73. The minimum Gasteiger partial charge on any atom is -0.491 e. The van der Waals surface area contributed by atoms with Gasteiger partial charge in [0.2, 0.25) is 0 Å². The summed E-state index contributed by atoms with van der Waals surface area (Å²) in [4.78, 5) is 35.2. The number of likely N-dealkylation sites (tertiary alicyclic amines) is 1. The fraction of sp³-hybridized carbons (Fsp3) is 0.656. The van der Waals surface area contributed by atoms with E-state index in [4.69, 9.17) is 23.9 Å². The number of ether oxygens (including phenoxy) is 4. The molecule has 2 aromatic rings. The Labute approximate surface area is 244 Å². The molecule has 1 aliphatic carbocycles. The number of benzene rings is 1. The molecule has 41 heavy (non-hydrogen) atoms. The number of rotatable bonds is 10. The number of carbonyl (C=O) groups is 2. The van der Waals surface area contributed by atoms with E-state index in [1.54, 1.807) is 18.1 Å². The number of hydrogen-bond acceptors (Lipinski definition) is 7. The van der Waals surface area contributed by atoms with Gasteiger partial charge < -0.3 is 28.7 Å². The molecule has 0 spiro atoms. The van der Waals surface area contributed by atoms with E-state index in [-0.39, 0.29) is 24.1 Å². The summed E-state index contributed by atoms with van der Waals surface area (Å²) in [7, 11) is 1.63. The molecule has 0 unspecified atom stereocenters. The highest BCUT2D eigenvalue weighted by Crippen LogP contribution is 2.34. The van der Waals surface area contributed by atoms with Crippen LogP contribution in [0, 0.1) is 5.92 Å². The van der Waals surface area contributed by atoms with Gasteiger partial charge in [-0.05, 0) is 71.9 Å². The van der Waals surface area contributed by atoms with Crippen LogP contribution >= 0.6 is 0 Å². The Morgan fingerprint density at radius 1 is 1.05 bits per heavy atom.